The van der Waals surface area contributed by atoms with Gasteiger partial charge in [-0.1, -0.05) is 27.7 Å². The Balaban J connectivity index is 0.00000151. The van der Waals surface area contributed by atoms with Crippen molar-refractivity contribution in [2.24, 2.45) is 0 Å². The van der Waals surface area contributed by atoms with Gasteiger partial charge in [0.2, 0.25) is 5.91 Å². The first-order valence-corrected chi connectivity index (χ1v) is 9.88. The third kappa shape index (κ3) is 7.84. The molecule has 0 aromatic carbocycles. The first-order chi connectivity index (χ1) is 12.1. The molecule has 6 nitrogen and oxygen atoms in total. The normalized spacial score (nSPS) is 23.4. The highest BCUT2D eigenvalue weighted by Gasteiger charge is 2.30. The van der Waals surface area contributed by atoms with Gasteiger partial charge in [0, 0.05) is 25.6 Å². The van der Waals surface area contributed by atoms with E-state index < -0.39 is 0 Å². The number of Topliss-reactive ketones (excluding diaryl/α,β-unsaturated/α-hetero) is 1. The third-order valence-corrected chi connectivity index (χ3v) is 4.67. The summed E-state index contributed by atoms with van der Waals surface area (Å²) in [6.45, 7) is 10.9. The maximum atomic E-state index is 12.0. The maximum Gasteiger partial charge on any atom is 0.248 e. The molecule has 1 heterocycles. The van der Waals surface area contributed by atoms with E-state index in [2.05, 4.69) is 12.2 Å². The zero-order valence-electron chi connectivity index (χ0n) is 16.4. The van der Waals surface area contributed by atoms with Crippen LogP contribution >= 0.6 is 0 Å². The Morgan fingerprint density at radius 2 is 1.48 bits per heavy atom. The van der Waals surface area contributed by atoms with Crippen LogP contribution < -0.4 is 5.32 Å². The lowest BCUT2D eigenvalue weighted by molar-refractivity contribution is -0.144. The van der Waals surface area contributed by atoms with Gasteiger partial charge in [-0.15, -0.1) is 0 Å². The van der Waals surface area contributed by atoms with Gasteiger partial charge in [0.05, 0.1) is 12.2 Å². The van der Waals surface area contributed by atoms with Crippen LogP contribution in [0.15, 0.2) is 0 Å². The van der Waals surface area contributed by atoms with Crippen molar-refractivity contribution in [2.45, 2.75) is 78.0 Å². The van der Waals surface area contributed by atoms with Crippen LogP contribution in [0, 0.1) is 0 Å². The predicted octanol–water partition coefficient (Wildman–Crippen LogP) is 2.16. The van der Waals surface area contributed by atoms with Gasteiger partial charge in [0.25, 0.3) is 0 Å². The first-order valence-electron chi connectivity index (χ1n) is 9.88. The van der Waals surface area contributed by atoms with E-state index in [1.807, 2.05) is 25.7 Å². The Labute approximate surface area is 152 Å². The standard InChI is InChI=1S/C17H30N2O4.C2H6/c1-3-14(20)11-22-15-5-7-16(8-6-15)23-12-17(21)19-9-13(10-19)18-4-2;1-2/h13,15-16,18H,3-12H2,1-2H3;1-2H3. The molecule has 0 radical (unpaired) electrons. The lowest BCUT2D eigenvalue weighted by Crippen LogP contribution is -2.60. The minimum Gasteiger partial charge on any atom is -0.370 e. The second-order valence-corrected chi connectivity index (χ2v) is 6.47. The number of carbonyl (C=O) groups is 2. The van der Waals surface area contributed by atoms with E-state index in [0.29, 0.717) is 12.5 Å². The molecule has 1 saturated carbocycles. The van der Waals surface area contributed by atoms with Crippen LogP contribution in [-0.2, 0) is 19.1 Å². The predicted molar refractivity (Wildman–Crippen MR) is 98.6 cm³/mol. The van der Waals surface area contributed by atoms with E-state index in [-0.39, 0.29) is 37.1 Å². The summed E-state index contributed by atoms with van der Waals surface area (Å²) in [7, 11) is 0. The Kier molecular flexibility index (Phi) is 10.9. The van der Waals surface area contributed by atoms with Gasteiger partial charge in [-0.05, 0) is 32.2 Å². The van der Waals surface area contributed by atoms with Crippen LogP contribution in [0.4, 0.5) is 0 Å². The highest BCUT2D eigenvalue weighted by molar-refractivity contribution is 5.79. The summed E-state index contributed by atoms with van der Waals surface area (Å²) in [5.41, 5.74) is 0. The third-order valence-electron chi connectivity index (χ3n) is 4.67. The number of ketones is 1. The molecule has 0 bridgehead atoms. The number of nitrogens with one attached hydrogen (secondary N) is 1. The van der Waals surface area contributed by atoms with E-state index in [1.165, 1.54) is 0 Å². The maximum absolute atomic E-state index is 12.0. The molecule has 0 spiro atoms. The number of carbonyl (C=O) groups excluding carboxylic acids is 2. The minimum atomic E-state index is 0.0890. The topological polar surface area (TPSA) is 67.9 Å². The highest BCUT2D eigenvalue weighted by Crippen LogP contribution is 2.23. The monoisotopic (exact) mass is 356 g/mol. The van der Waals surface area contributed by atoms with Crippen LogP contribution in [-0.4, -0.2) is 67.7 Å². The second kappa shape index (κ2) is 12.4. The number of likely N-dealkylation sites (N-methyl/N-ethyl adjacent to an activating group) is 1. The molecule has 2 fully saturated rings. The molecule has 6 heteroatoms. The molecule has 1 aliphatic carbocycles. The minimum absolute atomic E-state index is 0.0890. The van der Waals surface area contributed by atoms with Gasteiger partial charge in [-0.3, -0.25) is 9.59 Å². The van der Waals surface area contributed by atoms with E-state index >= 15 is 0 Å². The quantitative estimate of drug-likeness (QED) is 0.686. The molecule has 0 aromatic rings. The molecule has 0 aromatic heterocycles. The van der Waals surface area contributed by atoms with Gasteiger partial charge in [0.15, 0.2) is 5.78 Å². The van der Waals surface area contributed by atoms with E-state index in [9.17, 15) is 9.59 Å². The Bertz CT molecular complexity index is 389. The van der Waals surface area contributed by atoms with Gasteiger partial charge >= 0.3 is 0 Å². The van der Waals surface area contributed by atoms with Gasteiger partial charge in [0.1, 0.15) is 13.2 Å². The summed E-state index contributed by atoms with van der Waals surface area (Å²) in [4.78, 5) is 25.1. The molecular weight excluding hydrogens is 320 g/mol. The molecule has 1 N–H and O–H groups in total. The van der Waals surface area contributed by atoms with E-state index in [4.69, 9.17) is 9.47 Å². The van der Waals surface area contributed by atoms with Crippen molar-refractivity contribution in [1.82, 2.24) is 10.2 Å². The van der Waals surface area contributed by atoms with E-state index in [1.54, 1.807) is 0 Å². The Morgan fingerprint density at radius 3 is 1.96 bits per heavy atom. The number of nitrogens with zero attached hydrogens (tertiary/aromatic N) is 1. The number of ether oxygens (including phenoxy) is 2. The van der Waals surface area contributed by atoms with Crippen molar-refractivity contribution in [3.63, 3.8) is 0 Å². The summed E-state index contributed by atoms with van der Waals surface area (Å²) < 4.78 is 11.4. The summed E-state index contributed by atoms with van der Waals surface area (Å²) in [6, 6.07) is 0.447. The van der Waals surface area contributed by atoms with Crippen molar-refractivity contribution in [1.29, 1.82) is 0 Å². The molecule has 0 unspecified atom stereocenters. The molecule has 1 aliphatic heterocycles. The Hall–Kier alpha value is -0.980. The number of amides is 1. The average molecular weight is 357 g/mol. The summed E-state index contributed by atoms with van der Waals surface area (Å²) in [5.74, 6) is 0.241. The molecule has 25 heavy (non-hydrogen) atoms. The summed E-state index contributed by atoms with van der Waals surface area (Å²) >= 11 is 0. The summed E-state index contributed by atoms with van der Waals surface area (Å²) in [5, 5.41) is 3.33. The molecule has 0 atom stereocenters. The van der Waals surface area contributed by atoms with Gasteiger partial charge in [-0.2, -0.15) is 0 Å². The molecule has 2 rings (SSSR count). The van der Waals surface area contributed by atoms with Gasteiger partial charge in [-0.25, -0.2) is 0 Å². The number of rotatable bonds is 9. The largest absolute Gasteiger partial charge is 0.370 e. The number of likely N-dealkylation sites (tertiary alicyclic amines) is 1. The van der Waals surface area contributed by atoms with Crippen molar-refractivity contribution in [2.75, 3.05) is 32.8 Å². The summed E-state index contributed by atoms with van der Waals surface area (Å²) in [6.07, 6.45) is 4.45. The second-order valence-electron chi connectivity index (χ2n) is 6.47. The van der Waals surface area contributed by atoms with E-state index in [0.717, 1.165) is 45.3 Å². The smallest absolute Gasteiger partial charge is 0.248 e. The molecule has 1 saturated heterocycles. The fraction of sp³-hybridized carbons (Fsp3) is 0.895. The van der Waals surface area contributed by atoms with Crippen LogP contribution in [0.25, 0.3) is 0 Å². The zero-order valence-corrected chi connectivity index (χ0v) is 16.4. The molecule has 2 aliphatic rings. The molecular formula is C19H36N2O4. The average Bonchev–Trinajstić information content (AvgIpc) is 2.62. The van der Waals surface area contributed by atoms with Crippen LogP contribution in [0.2, 0.25) is 0 Å². The SMILES string of the molecule is CC.CCNC1CN(C(=O)COC2CCC(OCC(=O)CC)CC2)C1. The zero-order chi connectivity index (χ0) is 18.7. The van der Waals surface area contributed by atoms with Crippen molar-refractivity contribution in [3.05, 3.63) is 0 Å². The molecule has 146 valence electrons. The molecule has 1 amide bonds. The van der Waals surface area contributed by atoms with Crippen molar-refractivity contribution in [3.8, 4) is 0 Å². The van der Waals surface area contributed by atoms with Crippen molar-refractivity contribution >= 4 is 11.7 Å². The van der Waals surface area contributed by atoms with Crippen LogP contribution in [0.3, 0.4) is 0 Å². The first kappa shape index (κ1) is 22.1. The number of hydrogen-bond donors (Lipinski definition) is 1. The number of hydrogen-bond acceptors (Lipinski definition) is 5. The van der Waals surface area contributed by atoms with Crippen molar-refractivity contribution < 1.29 is 19.1 Å². The van der Waals surface area contributed by atoms with Gasteiger partial charge < -0.3 is 19.7 Å². The lowest BCUT2D eigenvalue weighted by atomic mass is 9.95. The van der Waals surface area contributed by atoms with Crippen LogP contribution in [0.1, 0.15) is 59.8 Å². The van der Waals surface area contributed by atoms with Crippen LogP contribution in [0.5, 0.6) is 0 Å². The lowest BCUT2D eigenvalue weighted by Gasteiger charge is -2.40. The fourth-order valence-electron chi connectivity index (χ4n) is 3.06. The fourth-order valence-corrected chi connectivity index (χ4v) is 3.06. The highest BCUT2D eigenvalue weighted by atomic mass is 16.5. The Morgan fingerprint density at radius 1 is 0.960 bits per heavy atom.